The van der Waals surface area contributed by atoms with Crippen molar-refractivity contribution < 1.29 is 14.7 Å². The number of aromatic nitrogens is 1. The Morgan fingerprint density at radius 2 is 1.86 bits per heavy atom. The maximum Gasteiger partial charge on any atom is 0.263 e. The van der Waals surface area contributed by atoms with Gasteiger partial charge in [0.25, 0.3) is 17.4 Å². The zero-order chi connectivity index (χ0) is 20.1. The smallest absolute Gasteiger partial charge is 0.263 e. The minimum absolute atomic E-state index is 0.0877. The number of aliphatic hydroxyl groups excluding tert-OH is 1. The van der Waals surface area contributed by atoms with Gasteiger partial charge in [-0.1, -0.05) is 43.2 Å². The fourth-order valence-corrected chi connectivity index (χ4v) is 3.49. The Balaban J connectivity index is 1.93. The molecule has 1 aromatic heterocycles. The lowest BCUT2D eigenvalue weighted by Crippen LogP contribution is -2.45. The molecule has 0 bridgehead atoms. The Hall–Kier alpha value is -2.93. The summed E-state index contributed by atoms with van der Waals surface area (Å²) in [5.74, 6) is -0.947. The van der Waals surface area contributed by atoms with Crippen LogP contribution in [-0.2, 0) is 6.54 Å². The van der Waals surface area contributed by atoms with Crippen molar-refractivity contribution in [2.45, 2.75) is 44.4 Å². The summed E-state index contributed by atoms with van der Waals surface area (Å²) in [6.07, 6.45) is 4.13. The first-order valence-corrected chi connectivity index (χ1v) is 9.49. The maximum absolute atomic E-state index is 12.8. The van der Waals surface area contributed by atoms with Crippen molar-refractivity contribution in [2.75, 3.05) is 7.05 Å². The summed E-state index contributed by atoms with van der Waals surface area (Å²) >= 11 is 0. The van der Waals surface area contributed by atoms with Crippen LogP contribution in [0.4, 0.5) is 0 Å². The monoisotopic (exact) mass is 383 g/mol. The molecule has 7 heteroatoms. The molecule has 3 N–H and O–H groups in total. The molecule has 1 heterocycles. The molecule has 1 aliphatic rings. The van der Waals surface area contributed by atoms with Crippen molar-refractivity contribution in [3.05, 3.63) is 69.6 Å². The van der Waals surface area contributed by atoms with Crippen molar-refractivity contribution in [1.82, 2.24) is 15.2 Å². The number of hydrogen-bond donors (Lipinski definition) is 3. The van der Waals surface area contributed by atoms with E-state index in [-0.39, 0.29) is 23.7 Å². The van der Waals surface area contributed by atoms with Crippen LogP contribution in [0.1, 0.15) is 52.0 Å². The van der Waals surface area contributed by atoms with E-state index in [0.29, 0.717) is 12.8 Å². The van der Waals surface area contributed by atoms with Crippen LogP contribution in [0, 0.1) is 0 Å². The molecule has 7 nitrogen and oxygen atoms in total. The molecular weight excluding hydrogens is 358 g/mol. The Bertz CT molecular complexity index is 908. The second-order valence-electron chi connectivity index (χ2n) is 7.07. The van der Waals surface area contributed by atoms with Gasteiger partial charge in [0, 0.05) is 13.2 Å². The van der Waals surface area contributed by atoms with Crippen molar-refractivity contribution in [1.29, 1.82) is 0 Å². The SMILES string of the molecule is CNC(=O)c1cc(C(=O)N[C@@H]2CCCC[C@H]2O)cn(Cc2ccccc2)c1=O. The van der Waals surface area contributed by atoms with Crippen LogP contribution in [0.15, 0.2) is 47.4 Å². The average Bonchev–Trinajstić information content (AvgIpc) is 2.71. The molecule has 148 valence electrons. The number of benzene rings is 1. The van der Waals surface area contributed by atoms with Gasteiger partial charge in [-0.15, -0.1) is 0 Å². The van der Waals surface area contributed by atoms with E-state index >= 15 is 0 Å². The van der Waals surface area contributed by atoms with Gasteiger partial charge in [-0.25, -0.2) is 0 Å². The third-order valence-electron chi connectivity index (χ3n) is 5.06. The Kier molecular flexibility index (Phi) is 6.26. The largest absolute Gasteiger partial charge is 0.391 e. The van der Waals surface area contributed by atoms with Crippen LogP contribution < -0.4 is 16.2 Å². The molecule has 28 heavy (non-hydrogen) atoms. The van der Waals surface area contributed by atoms with Crippen LogP contribution in [0.2, 0.25) is 0 Å². The van der Waals surface area contributed by atoms with Gasteiger partial charge < -0.3 is 20.3 Å². The Morgan fingerprint density at radius 3 is 2.54 bits per heavy atom. The molecule has 0 saturated heterocycles. The summed E-state index contributed by atoms with van der Waals surface area (Å²) in [6, 6.07) is 10.3. The van der Waals surface area contributed by atoms with Crippen molar-refractivity contribution >= 4 is 11.8 Å². The van der Waals surface area contributed by atoms with Gasteiger partial charge in [0.1, 0.15) is 5.56 Å². The fourth-order valence-electron chi connectivity index (χ4n) is 3.49. The molecule has 0 aliphatic heterocycles. The number of carbonyl (C=O) groups is 2. The van der Waals surface area contributed by atoms with Gasteiger partial charge in [-0.05, 0) is 24.5 Å². The lowest BCUT2D eigenvalue weighted by atomic mass is 9.92. The predicted molar refractivity (Wildman–Crippen MR) is 105 cm³/mol. The highest BCUT2D eigenvalue weighted by Gasteiger charge is 2.26. The number of carbonyl (C=O) groups excluding carboxylic acids is 2. The average molecular weight is 383 g/mol. The van der Waals surface area contributed by atoms with Crippen molar-refractivity contribution in [3.8, 4) is 0 Å². The summed E-state index contributed by atoms with van der Waals surface area (Å²) in [5, 5.41) is 15.4. The number of nitrogens with one attached hydrogen (secondary N) is 2. The molecular formula is C21H25N3O4. The molecule has 2 atom stereocenters. The minimum Gasteiger partial charge on any atom is -0.391 e. The molecule has 1 aromatic carbocycles. The standard InChI is InChI=1S/C21H25N3O4/c1-22-20(27)16-11-15(19(26)23-17-9-5-6-10-18(17)25)13-24(21(16)28)12-14-7-3-2-4-8-14/h2-4,7-8,11,13,17-18,25H,5-6,9-10,12H2,1H3,(H,22,27)(H,23,26)/t17-,18-/m1/s1. The molecule has 3 rings (SSSR count). The Labute approximate surface area is 163 Å². The van der Waals surface area contributed by atoms with Crippen LogP contribution in [0.25, 0.3) is 0 Å². The van der Waals surface area contributed by atoms with E-state index in [4.69, 9.17) is 0 Å². The van der Waals surface area contributed by atoms with E-state index < -0.39 is 23.5 Å². The minimum atomic E-state index is -0.577. The van der Waals surface area contributed by atoms with Gasteiger partial charge in [-0.2, -0.15) is 0 Å². The first kappa shape index (κ1) is 19.8. The highest BCUT2D eigenvalue weighted by molar-refractivity contribution is 5.99. The fraction of sp³-hybridized carbons (Fsp3) is 0.381. The molecule has 0 unspecified atom stereocenters. The van der Waals surface area contributed by atoms with E-state index in [1.807, 2.05) is 30.3 Å². The molecule has 0 spiro atoms. The van der Waals surface area contributed by atoms with E-state index in [9.17, 15) is 19.5 Å². The maximum atomic E-state index is 12.8. The first-order chi connectivity index (χ1) is 13.5. The van der Waals surface area contributed by atoms with Crippen LogP contribution in [-0.4, -0.2) is 40.7 Å². The quantitative estimate of drug-likeness (QED) is 0.724. The number of nitrogens with zero attached hydrogens (tertiary/aromatic N) is 1. The summed E-state index contributed by atoms with van der Waals surface area (Å²) in [7, 11) is 1.44. The second kappa shape index (κ2) is 8.84. The van der Waals surface area contributed by atoms with Gasteiger partial charge in [0.05, 0.1) is 24.3 Å². The normalized spacial score (nSPS) is 19.1. The molecule has 1 fully saturated rings. The predicted octanol–water partition coefficient (Wildman–Crippen LogP) is 1.29. The number of rotatable bonds is 5. The van der Waals surface area contributed by atoms with Gasteiger partial charge in [0.15, 0.2) is 0 Å². The number of pyridine rings is 1. The summed E-state index contributed by atoms with van der Waals surface area (Å²) in [5.41, 5.74) is 0.548. The Morgan fingerprint density at radius 1 is 1.14 bits per heavy atom. The van der Waals surface area contributed by atoms with Crippen LogP contribution in [0.3, 0.4) is 0 Å². The van der Waals surface area contributed by atoms with Gasteiger partial charge in [-0.3, -0.25) is 14.4 Å². The summed E-state index contributed by atoms with van der Waals surface area (Å²) in [4.78, 5) is 37.6. The van der Waals surface area contributed by atoms with Crippen molar-refractivity contribution in [2.24, 2.45) is 0 Å². The number of hydrogen-bond acceptors (Lipinski definition) is 4. The zero-order valence-electron chi connectivity index (χ0n) is 15.9. The number of aliphatic hydroxyl groups is 1. The van der Waals surface area contributed by atoms with Gasteiger partial charge >= 0.3 is 0 Å². The number of amides is 2. The van der Waals surface area contributed by atoms with Crippen LogP contribution in [0.5, 0.6) is 0 Å². The highest BCUT2D eigenvalue weighted by atomic mass is 16.3. The first-order valence-electron chi connectivity index (χ1n) is 9.49. The molecule has 2 aromatic rings. The molecule has 1 aliphatic carbocycles. The molecule has 2 amide bonds. The van der Waals surface area contributed by atoms with E-state index in [1.165, 1.54) is 23.9 Å². The lowest BCUT2D eigenvalue weighted by Gasteiger charge is -2.28. The molecule has 0 radical (unpaired) electrons. The van der Waals surface area contributed by atoms with Crippen LogP contribution >= 0.6 is 0 Å². The van der Waals surface area contributed by atoms with E-state index in [1.54, 1.807) is 0 Å². The van der Waals surface area contributed by atoms with Gasteiger partial charge in [0.2, 0.25) is 0 Å². The highest BCUT2D eigenvalue weighted by Crippen LogP contribution is 2.19. The lowest BCUT2D eigenvalue weighted by molar-refractivity contribution is 0.0716. The third-order valence-corrected chi connectivity index (χ3v) is 5.06. The summed E-state index contributed by atoms with van der Waals surface area (Å²) < 4.78 is 1.37. The van der Waals surface area contributed by atoms with E-state index in [2.05, 4.69) is 10.6 Å². The molecule has 1 saturated carbocycles. The van der Waals surface area contributed by atoms with Crippen molar-refractivity contribution in [3.63, 3.8) is 0 Å². The second-order valence-corrected chi connectivity index (χ2v) is 7.07. The topological polar surface area (TPSA) is 100 Å². The summed E-state index contributed by atoms with van der Waals surface area (Å²) in [6.45, 7) is 0.247. The zero-order valence-corrected chi connectivity index (χ0v) is 15.9. The third kappa shape index (κ3) is 4.48. The van der Waals surface area contributed by atoms with E-state index in [0.717, 1.165) is 18.4 Å².